The zero-order valence-corrected chi connectivity index (χ0v) is 11.7. The van der Waals surface area contributed by atoms with E-state index >= 15 is 0 Å². The average Bonchev–Trinajstić information content (AvgIpc) is 3.09. The van der Waals surface area contributed by atoms with Gasteiger partial charge in [0.05, 0.1) is 12.1 Å². The molecule has 0 radical (unpaired) electrons. The van der Waals surface area contributed by atoms with Gasteiger partial charge in [0.1, 0.15) is 0 Å². The van der Waals surface area contributed by atoms with Crippen LogP contribution in [-0.2, 0) is 0 Å². The highest BCUT2D eigenvalue weighted by molar-refractivity contribution is 7.07. The van der Waals surface area contributed by atoms with E-state index in [1.165, 1.54) is 18.4 Å². The molecule has 3 nitrogen and oxygen atoms in total. The molecule has 2 rings (SSSR count). The van der Waals surface area contributed by atoms with Crippen LogP contribution in [0.15, 0.2) is 16.8 Å². The minimum Gasteiger partial charge on any atom is -0.326 e. The predicted molar refractivity (Wildman–Crippen MR) is 75.3 cm³/mol. The first kappa shape index (κ1) is 13.5. The van der Waals surface area contributed by atoms with E-state index in [1.807, 2.05) is 0 Å². The van der Waals surface area contributed by atoms with Gasteiger partial charge in [-0.2, -0.15) is 16.6 Å². The second-order valence-electron chi connectivity index (χ2n) is 4.95. The summed E-state index contributed by atoms with van der Waals surface area (Å²) in [6, 6.07) is 5.50. The van der Waals surface area contributed by atoms with Crippen LogP contribution >= 0.6 is 11.3 Å². The van der Waals surface area contributed by atoms with E-state index < -0.39 is 0 Å². The molecule has 2 N–H and O–H groups in total. The molecule has 0 amide bonds. The molecule has 98 valence electrons. The van der Waals surface area contributed by atoms with Gasteiger partial charge in [-0.25, -0.2) is 0 Å². The van der Waals surface area contributed by atoms with Crippen molar-refractivity contribution in [1.29, 1.82) is 5.26 Å². The summed E-state index contributed by atoms with van der Waals surface area (Å²) < 4.78 is 0. The van der Waals surface area contributed by atoms with E-state index in [4.69, 9.17) is 11.0 Å². The van der Waals surface area contributed by atoms with Gasteiger partial charge in [-0.15, -0.1) is 0 Å². The molecule has 1 aliphatic carbocycles. The summed E-state index contributed by atoms with van der Waals surface area (Å²) in [7, 11) is 0. The van der Waals surface area contributed by atoms with Gasteiger partial charge in [-0.1, -0.05) is 6.92 Å². The Hall–Kier alpha value is -0.890. The smallest absolute Gasteiger partial charge is 0.0635 e. The van der Waals surface area contributed by atoms with Gasteiger partial charge in [0.15, 0.2) is 0 Å². The molecule has 2 unspecified atom stereocenters. The maximum Gasteiger partial charge on any atom is 0.0635 e. The van der Waals surface area contributed by atoms with Gasteiger partial charge in [0, 0.05) is 25.0 Å². The van der Waals surface area contributed by atoms with Crippen LogP contribution < -0.4 is 5.73 Å². The first-order valence-electron chi connectivity index (χ1n) is 6.68. The Balaban J connectivity index is 2.17. The van der Waals surface area contributed by atoms with Crippen molar-refractivity contribution in [1.82, 2.24) is 4.90 Å². The molecule has 0 aromatic carbocycles. The van der Waals surface area contributed by atoms with Crippen molar-refractivity contribution in [2.75, 3.05) is 6.54 Å². The monoisotopic (exact) mass is 263 g/mol. The van der Waals surface area contributed by atoms with Crippen molar-refractivity contribution in [3.8, 4) is 6.07 Å². The molecule has 1 fully saturated rings. The summed E-state index contributed by atoms with van der Waals surface area (Å²) in [4.78, 5) is 2.46. The summed E-state index contributed by atoms with van der Waals surface area (Å²) in [6.45, 7) is 2.98. The molecule has 1 saturated carbocycles. The van der Waals surface area contributed by atoms with Crippen LogP contribution in [0.25, 0.3) is 0 Å². The Bertz CT molecular complexity index is 392. The van der Waals surface area contributed by atoms with Crippen LogP contribution in [0.3, 0.4) is 0 Å². The predicted octanol–water partition coefficient (Wildman–Crippen LogP) is 2.90. The normalized spacial score (nSPS) is 18.6. The molecule has 1 aromatic rings. The largest absolute Gasteiger partial charge is 0.326 e. The number of nitrogens with two attached hydrogens (primary N) is 1. The van der Waals surface area contributed by atoms with Crippen LogP contribution in [0.2, 0.25) is 0 Å². The minimum absolute atomic E-state index is 0.152. The molecule has 2 atom stereocenters. The van der Waals surface area contributed by atoms with E-state index in [2.05, 4.69) is 34.7 Å². The number of hydrogen-bond donors (Lipinski definition) is 1. The van der Waals surface area contributed by atoms with Crippen molar-refractivity contribution in [2.24, 2.45) is 5.73 Å². The van der Waals surface area contributed by atoms with Gasteiger partial charge < -0.3 is 5.73 Å². The molecule has 0 saturated heterocycles. The average molecular weight is 263 g/mol. The minimum atomic E-state index is 0.152. The highest BCUT2D eigenvalue weighted by Crippen LogP contribution is 2.37. The Labute approximate surface area is 113 Å². The van der Waals surface area contributed by atoms with Gasteiger partial charge in [-0.3, -0.25) is 4.90 Å². The second-order valence-corrected chi connectivity index (χ2v) is 5.73. The van der Waals surface area contributed by atoms with E-state index in [1.54, 1.807) is 11.3 Å². The zero-order chi connectivity index (χ0) is 13.0. The lowest BCUT2D eigenvalue weighted by atomic mass is 9.98. The third kappa shape index (κ3) is 3.11. The summed E-state index contributed by atoms with van der Waals surface area (Å²) in [6.07, 6.45) is 4.06. The summed E-state index contributed by atoms with van der Waals surface area (Å²) in [5.74, 6) is 0. The molecular formula is C14H21N3S. The van der Waals surface area contributed by atoms with Crippen molar-refractivity contribution >= 4 is 11.3 Å². The fourth-order valence-corrected chi connectivity index (χ4v) is 3.17. The third-order valence-electron chi connectivity index (χ3n) is 3.62. The molecule has 18 heavy (non-hydrogen) atoms. The Kier molecular flexibility index (Phi) is 4.76. The van der Waals surface area contributed by atoms with Crippen LogP contribution in [0.5, 0.6) is 0 Å². The molecule has 1 aromatic heterocycles. The molecule has 0 bridgehead atoms. The van der Waals surface area contributed by atoms with E-state index in [0.29, 0.717) is 12.5 Å². The van der Waals surface area contributed by atoms with Gasteiger partial charge in [-0.05, 0) is 41.7 Å². The van der Waals surface area contributed by atoms with Crippen molar-refractivity contribution < 1.29 is 0 Å². The number of nitriles is 1. The number of thiophene rings is 1. The molecule has 0 spiro atoms. The van der Waals surface area contributed by atoms with Crippen molar-refractivity contribution in [3.63, 3.8) is 0 Å². The SMILES string of the molecule is CCC(N)C(c1ccsc1)N(CCC#N)C1CC1. The fourth-order valence-electron chi connectivity index (χ4n) is 2.49. The number of hydrogen-bond acceptors (Lipinski definition) is 4. The van der Waals surface area contributed by atoms with Crippen LogP contribution in [0, 0.1) is 11.3 Å². The van der Waals surface area contributed by atoms with E-state index in [-0.39, 0.29) is 12.1 Å². The standard InChI is InChI=1S/C14H21N3S/c1-2-13(16)14(11-6-9-18-10-11)17(8-3-7-15)12-4-5-12/h6,9-10,12-14H,2-5,8,16H2,1H3. The molecular weight excluding hydrogens is 242 g/mol. The lowest BCUT2D eigenvalue weighted by molar-refractivity contribution is 0.163. The number of nitrogens with zero attached hydrogens (tertiary/aromatic N) is 2. The lowest BCUT2D eigenvalue weighted by Crippen LogP contribution is -2.42. The Morgan fingerprint density at radius 1 is 1.61 bits per heavy atom. The van der Waals surface area contributed by atoms with Gasteiger partial charge in [0.25, 0.3) is 0 Å². The molecule has 0 aliphatic heterocycles. The topological polar surface area (TPSA) is 53.0 Å². The van der Waals surface area contributed by atoms with Gasteiger partial charge in [0.2, 0.25) is 0 Å². The first-order chi connectivity index (χ1) is 8.77. The van der Waals surface area contributed by atoms with Crippen molar-refractivity contribution in [3.05, 3.63) is 22.4 Å². The van der Waals surface area contributed by atoms with Crippen LogP contribution in [0.1, 0.15) is 44.2 Å². The highest BCUT2D eigenvalue weighted by atomic mass is 32.1. The van der Waals surface area contributed by atoms with Gasteiger partial charge >= 0.3 is 0 Å². The molecule has 1 heterocycles. The molecule has 1 aliphatic rings. The van der Waals surface area contributed by atoms with Crippen LogP contribution in [0.4, 0.5) is 0 Å². The Morgan fingerprint density at radius 3 is 2.89 bits per heavy atom. The summed E-state index contributed by atoms with van der Waals surface area (Å²) >= 11 is 1.72. The zero-order valence-electron chi connectivity index (χ0n) is 10.9. The summed E-state index contributed by atoms with van der Waals surface area (Å²) in [5.41, 5.74) is 7.65. The maximum absolute atomic E-state index is 8.82. The van der Waals surface area contributed by atoms with Crippen molar-refractivity contribution in [2.45, 2.75) is 50.7 Å². The van der Waals surface area contributed by atoms with E-state index in [9.17, 15) is 0 Å². The van der Waals surface area contributed by atoms with Crippen LogP contribution in [-0.4, -0.2) is 23.5 Å². The highest BCUT2D eigenvalue weighted by Gasteiger charge is 2.36. The first-order valence-corrected chi connectivity index (χ1v) is 7.62. The quantitative estimate of drug-likeness (QED) is 0.823. The van der Waals surface area contributed by atoms with E-state index in [0.717, 1.165) is 13.0 Å². The molecule has 4 heteroatoms. The fraction of sp³-hybridized carbons (Fsp3) is 0.643. The Morgan fingerprint density at radius 2 is 2.39 bits per heavy atom. The number of rotatable bonds is 7. The maximum atomic E-state index is 8.82. The third-order valence-corrected chi connectivity index (χ3v) is 4.32. The lowest BCUT2D eigenvalue weighted by Gasteiger charge is -2.34. The summed E-state index contributed by atoms with van der Waals surface area (Å²) in [5, 5.41) is 13.1. The second kappa shape index (κ2) is 6.33.